The van der Waals surface area contributed by atoms with Gasteiger partial charge in [-0.1, -0.05) is 0 Å². The number of morpholine rings is 1. The maximum Gasteiger partial charge on any atom is 0.413 e. The second-order valence-corrected chi connectivity index (χ2v) is 7.35. The molecule has 24 heavy (non-hydrogen) atoms. The van der Waals surface area contributed by atoms with Gasteiger partial charge in [0.2, 0.25) is 0 Å². The lowest BCUT2D eigenvalue weighted by Crippen LogP contribution is -2.61. The zero-order valence-electron chi connectivity index (χ0n) is 14.4. The molecule has 1 aliphatic rings. The number of nitrogens with zero attached hydrogens (tertiary/aromatic N) is 3. The van der Waals surface area contributed by atoms with Gasteiger partial charge in [-0.2, -0.15) is 18.3 Å². The molecule has 0 saturated carbocycles. The van der Waals surface area contributed by atoms with Crippen LogP contribution in [-0.4, -0.2) is 51.2 Å². The molecule has 0 aliphatic carbocycles. The monoisotopic (exact) mass is 348 g/mol. The number of hydrogen-bond acceptors (Lipinski definition) is 3. The number of rotatable bonds is 2. The molecule has 0 aromatic carbocycles. The lowest BCUT2D eigenvalue weighted by atomic mass is 9.99. The fourth-order valence-electron chi connectivity index (χ4n) is 3.09. The van der Waals surface area contributed by atoms with Crippen molar-refractivity contribution in [2.45, 2.75) is 51.1 Å². The molecule has 136 valence electrons. The molecule has 6 nitrogen and oxygen atoms in total. The van der Waals surface area contributed by atoms with Crippen LogP contribution in [0.15, 0.2) is 12.4 Å². The Morgan fingerprint density at radius 1 is 1.29 bits per heavy atom. The zero-order chi connectivity index (χ0) is 18.3. The van der Waals surface area contributed by atoms with Crippen molar-refractivity contribution in [3.05, 3.63) is 18.0 Å². The SMILES string of the molecule is Cn1cc(C(NC(=O)N2CC(C)(C)OC(C)(C)C2)C(F)(F)F)cn1. The number of nitrogens with one attached hydrogen (secondary N) is 1. The molecule has 1 aromatic heterocycles. The Kier molecular flexibility index (Phi) is 4.60. The largest absolute Gasteiger partial charge is 0.413 e. The molecule has 1 unspecified atom stereocenters. The summed E-state index contributed by atoms with van der Waals surface area (Å²) in [5, 5.41) is 5.83. The fraction of sp³-hybridized carbons (Fsp3) is 0.733. The highest BCUT2D eigenvalue weighted by Crippen LogP contribution is 2.33. The van der Waals surface area contributed by atoms with E-state index in [1.54, 1.807) is 27.7 Å². The molecule has 0 bridgehead atoms. The summed E-state index contributed by atoms with van der Waals surface area (Å²) >= 11 is 0. The molecule has 0 radical (unpaired) electrons. The zero-order valence-corrected chi connectivity index (χ0v) is 14.4. The first-order valence-corrected chi connectivity index (χ1v) is 7.60. The topological polar surface area (TPSA) is 59.4 Å². The van der Waals surface area contributed by atoms with Crippen LogP contribution in [0.4, 0.5) is 18.0 Å². The molecular weight excluding hydrogens is 325 g/mol. The van der Waals surface area contributed by atoms with Crippen molar-refractivity contribution >= 4 is 6.03 Å². The van der Waals surface area contributed by atoms with E-state index in [1.807, 2.05) is 0 Å². The number of hydrogen-bond donors (Lipinski definition) is 1. The van der Waals surface area contributed by atoms with Crippen LogP contribution in [0.25, 0.3) is 0 Å². The van der Waals surface area contributed by atoms with Crippen molar-refractivity contribution in [2.24, 2.45) is 7.05 Å². The van der Waals surface area contributed by atoms with Crippen LogP contribution < -0.4 is 5.32 Å². The average molecular weight is 348 g/mol. The van der Waals surface area contributed by atoms with Crippen molar-refractivity contribution in [1.29, 1.82) is 0 Å². The number of urea groups is 1. The minimum absolute atomic E-state index is 0.106. The van der Waals surface area contributed by atoms with Crippen molar-refractivity contribution in [3.8, 4) is 0 Å². The van der Waals surface area contributed by atoms with Crippen molar-refractivity contribution in [2.75, 3.05) is 13.1 Å². The van der Waals surface area contributed by atoms with Gasteiger partial charge < -0.3 is 15.0 Å². The normalized spacial score (nSPS) is 21.4. The maximum atomic E-state index is 13.4. The molecule has 9 heteroatoms. The second-order valence-electron chi connectivity index (χ2n) is 7.35. The lowest BCUT2D eigenvalue weighted by Gasteiger charge is -2.47. The smallest absolute Gasteiger partial charge is 0.366 e. The Bertz CT molecular complexity index is 594. The van der Waals surface area contributed by atoms with E-state index < -0.39 is 29.5 Å². The highest BCUT2D eigenvalue weighted by atomic mass is 19.4. The van der Waals surface area contributed by atoms with Gasteiger partial charge in [-0.25, -0.2) is 4.79 Å². The standard InChI is InChI=1S/C15H23F3N4O2/c1-13(2)8-22(9-14(3,4)24-13)12(23)20-11(15(16,17)18)10-6-19-21(5)7-10/h6-7,11H,8-9H2,1-5H3,(H,20,23). The summed E-state index contributed by atoms with van der Waals surface area (Å²) in [6.07, 6.45) is -2.27. The first kappa shape index (κ1) is 18.6. The molecule has 1 aliphatic heterocycles. The number of amides is 2. The average Bonchev–Trinajstić information content (AvgIpc) is 2.76. The summed E-state index contributed by atoms with van der Waals surface area (Å²) in [6.45, 7) is 7.62. The van der Waals surface area contributed by atoms with Crippen LogP contribution >= 0.6 is 0 Å². The molecule has 0 spiro atoms. The maximum absolute atomic E-state index is 13.4. The van der Waals surface area contributed by atoms with Crippen LogP contribution in [0.1, 0.15) is 39.3 Å². The fourth-order valence-corrected chi connectivity index (χ4v) is 3.09. The first-order valence-electron chi connectivity index (χ1n) is 7.60. The summed E-state index contributed by atoms with van der Waals surface area (Å²) < 4.78 is 47.2. The van der Waals surface area contributed by atoms with E-state index in [9.17, 15) is 18.0 Å². The number of aryl methyl sites for hydroxylation is 1. The van der Waals surface area contributed by atoms with Gasteiger partial charge in [0.15, 0.2) is 6.04 Å². The van der Waals surface area contributed by atoms with Crippen LogP contribution in [-0.2, 0) is 11.8 Å². The Morgan fingerprint density at radius 3 is 2.25 bits per heavy atom. The Labute approximate surface area is 138 Å². The molecule has 1 N–H and O–H groups in total. The van der Waals surface area contributed by atoms with E-state index in [0.29, 0.717) is 0 Å². The summed E-state index contributed by atoms with van der Waals surface area (Å²) in [5.41, 5.74) is -1.38. The number of ether oxygens (including phenoxy) is 1. The van der Waals surface area contributed by atoms with E-state index in [2.05, 4.69) is 10.4 Å². The third-order valence-corrected chi connectivity index (χ3v) is 3.64. The van der Waals surface area contributed by atoms with E-state index in [0.717, 1.165) is 6.20 Å². The van der Waals surface area contributed by atoms with Crippen molar-refractivity contribution in [1.82, 2.24) is 20.0 Å². The van der Waals surface area contributed by atoms with Gasteiger partial charge in [-0.15, -0.1) is 0 Å². The number of carbonyl (C=O) groups is 1. The first-order chi connectivity index (χ1) is 10.8. The van der Waals surface area contributed by atoms with Gasteiger partial charge >= 0.3 is 12.2 Å². The molecule has 1 atom stereocenters. The Hall–Kier alpha value is -1.77. The van der Waals surface area contributed by atoms with Gasteiger partial charge in [-0.05, 0) is 27.7 Å². The van der Waals surface area contributed by atoms with Gasteiger partial charge in [-0.3, -0.25) is 4.68 Å². The molecular formula is C15H23F3N4O2. The van der Waals surface area contributed by atoms with Gasteiger partial charge in [0.05, 0.1) is 30.5 Å². The minimum Gasteiger partial charge on any atom is -0.366 e. The molecule has 2 amide bonds. The second kappa shape index (κ2) is 5.94. The van der Waals surface area contributed by atoms with Gasteiger partial charge in [0.1, 0.15) is 0 Å². The summed E-state index contributed by atoms with van der Waals surface area (Å²) in [5.74, 6) is 0. The van der Waals surface area contributed by atoms with Crippen LogP contribution in [0, 0.1) is 0 Å². The summed E-state index contributed by atoms with van der Waals surface area (Å²) in [6, 6.07) is -2.88. The van der Waals surface area contributed by atoms with Crippen molar-refractivity contribution < 1.29 is 22.7 Å². The van der Waals surface area contributed by atoms with Gasteiger partial charge in [0, 0.05) is 18.8 Å². The molecule has 1 aromatic rings. The molecule has 1 fully saturated rings. The Balaban J connectivity index is 2.19. The number of aromatic nitrogens is 2. The van der Waals surface area contributed by atoms with Crippen LogP contribution in [0.2, 0.25) is 0 Å². The third-order valence-electron chi connectivity index (χ3n) is 3.64. The van der Waals surface area contributed by atoms with Crippen LogP contribution in [0.5, 0.6) is 0 Å². The highest BCUT2D eigenvalue weighted by Gasteiger charge is 2.45. The van der Waals surface area contributed by atoms with Crippen molar-refractivity contribution in [3.63, 3.8) is 0 Å². The number of carbonyl (C=O) groups excluding carboxylic acids is 1. The minimum atomic E-state index is -4.62. The van der Waals surface area contributed by atoms with E-state index in [1.165, 1.54) is 22.8 Å². The number of halogens is 3. The predicted molar refractivity (Wildman–Crippen MR) is 81.4 cm³/mol. The Morgan fingerprint density at radius 2 is 1.83 bits per heavy atom. The van der Waals surface area contributed by atoms with E-state index >= 15 is 0 Å². The van der Waals surface area contributed by atoms with Gasteiger partial charge in [0.25, 0.3) is 0 Å². The lowest BCUT2D eigenvalue weighted by molar-refractivity contribution is -0.173. The highest BCUT2D eigenvalue weighted by molar-refractivity contribution is 5.75. The summed E-state index contributed by atoms with van der Waals surface area (Å²) in [4.78, 5) is 13.8. The van der Waals surface area contributed by atoms with E-state index in [-0.39, 0.29) is 18.7 Å². The van der Waals surface area contributed by atoms with E-state index in [4.69, 9.17) is 4.74 Å². The number of alkyl halides is 3. The third kappa shape index (κ3) is 4.40. The molecule has 2 rings (SSSR count). The predicted octanol–water partition coefficient (Wildman–Crippen LogP) is 2.62. The molecule has 1 saturated heterocycles. The molecule has 2 heterocycles. The quantitative estimate of drug-likeness (QED) is 0.894. The summed E-state index contributed by atoms with van der Waals surface area (Å²) in [7, 11) is 1.52. The van der Waals surface area contributed by atoms with Crippen LogP contribution in [0.3, 0.4) is 0 Å².